The van der Waals surface area contributed by atoms with Gasteiger partial charge in [-0.25, -0.2) is 9.13 Å². The molecule has 5 aromatic rings. The first-order chi connectivity index (χ1) is 18.5. The van der Waals surface area contributed by atoms with E-state index in [9.17, 15) is 9.13 Å². The maximum absolute atomic E-state index is 14.3. The Morgan fingerprint density at radius 3 is 0.868 bits per heavy atom. The zero-order chi connectivity index (χ0) is 26.3. The van der Waals surface area contributed by atoms with Crippen molar-refractivity contribution < 1.29 is 27.2 Å². The van der Waals surface area contributed by atoms with Crippen LogP contribution >= 0.6 is 15.2 Å². The smallest absolute Gasteiger partial charge is 0.413 e. The minimum atomic E-state index is -4.01. The van der Waals surface area contributed by atoms with Crippen LogP contribution in [0, 0.1) is 0 Å². The average Bonchev–Trinajstić information content (AvgIpc) is 2.95. The van der Waals surface area contributed by atoms with E-state index in [1.54, 1.807) is 115 Å². The van der Waals surface area contributed by atoms with E-state index in [0.29, 0.717) is 23.0 Å². The van der Waals surface area contributed by atoms with Crippen molar-refractivity contribution in [3.63, 3.8) is 0 Å². The quantitative estimate of drug-likeness (QED) is 0.169. The zero-order valence-corrected chi connectivity index (χ0v) is 22.0. The van der Waals surface area contributed by atoms with Gasteiger partial charge in [-0.3, -0.25) is 0 Å². The van der Waals surface area contributed by atoms with Crippen molar-refractivity contribution in [1.29, 1.82) is 0 Å². The summed E-state index contributed by atoms with van der Waals surface area (Å²) in [5.74, 6) is 1.45. The Kier molecular flexibility index (Phi) is 7.65. The molecule has 0 bridgehead atoms. The molecule has 8 heteroatoms. The molecule has 190 valence electrons. The summed E-state index contributed by atoms with van der Waals surface area (Å²) in [7, 11) is -8.02. The molecule has 0 aliphatic carbocycles. The van der Waals surface area contributed by atoms with Crippen molar-refractivity contribution >= 4 is 25.8 Å². The lowest BCUT2D eigenvalue weighted by molar-refractivity contribution is 0.399. The van der Waals surface area contributed by atoms with Gasteiger partial charge in [0, 0.05) is 0 Å². The first-order valence-electron chi connectivity index (χ1n) is 11.8. The second kappa shape index (κ2) is 11.4. The summed E-state index contributed by atoms with van der Waals surface area (Å²) >= 11 is 0. The maximum Gasteiger partial charge on any atom is 0.462 e. The lowest BCUT2D eigenvalue weighted by Gasteiger charge is -2.23. The van der Waals surface area contributed by atoms with Crippen molar-refractivity contribution in [3.8, 4) is 23.0 Å². The molecule has 0 aromatic heterocycles. The van der Waals surface area contributed by atoms with Crippen LogP contribution in [0.15, 0.2) is 146 Å². The molecular weight excluding hydrogens is 518 g/mol. The van der Waals surface area contributed by atoms with Gasteiger partial charge in [0.2, 0.25) is 0 Å². The van der Waals surface area contributed by atoms with Crippen LogP contribution in [-0.2, 0) is 9.13 Å². The van der Waals surface area contributed by atoms with E-state index in [1.165, 1.54) is 6.07 Å². The fourth-order valence-electron chi connectivity index (χ4n) is 3.56. The molecule has 6 nitrogen and oxygen atoms in total. The Morgan fingerprint density at radius 2 is 0.605 bits per heavy atom. The van der Waals surface area contributed by atoms with Crippen molar-refractivity contribution in [2.45, 2.75) is 0 Å². The van der Waals surface area contributed by atoms with E-state index >= 15 is 0 Å². The highest BCUT2D eigenvalue weighted by Crippen LogP contribution is 2.50. The highest BCUT2D eigenvalue weighted by molar-refractivity contribution is 7.64. The van der Waals surface area contributed by atoms with E-state index < -0.39 is 15.2 Å². The predicted molar refractivity (Wildman–Crippen MR) is 149 cm³/mol. The Morgan fingerprint density at radius 1 is 0.342 bits per heavy atom. The molecule has 0 fully saturated rings. The van der Waals surface area contributed by atoms with Gasteiger partial charge in [0.15, 0.2) is 0 Å². The minimum absolute atomic E-state index is 0.191. The Hall–Kier alpha value is -4.24. The zero-order valence-electron chi connectivity index (χ0n) is 20.2. The van der Waals surface area contributed by atoms with Crippen LogP contribution in [0.5, 0.6) is 23.0 Å². The van der Waals surface area contributed by atoms with E-state index in [0.717, 1.165) is 0 Å². The number of hydrogen-bond acceptors (Lipinski definition) is 6. The summed E-state index contributed by atoms with van der Waals surface area (Å²) in [5.41, 5.74) is 0. The highest BCUT2D eigenvalue weighted by atomic mass is 31.2. The third-order valence-corrected chi connectivity index (χ3v) is 8.96. The molecule has 0 N–H and O–H groups in total. The van der Waals surface area contributed by atoms with Gasteiger partial charge in [-0.1, -0.05) is 78.9 Å². The lowest BCUT2D eigenvalue weighted by atomic mass is 10.3. The summed E-state index contributed by atoms with van der Waals surface area (Å²) in [6.07, 6.45) is 0. The largest absolute Gasteiger partial charge is 0.462 e. The van der Waals surface area contributed by atoms with Crippen LogP contribution in [0.3, 0.4) is 0 Å². The molecule has 0 unspecified atom stereocenters. The van der Waals surface area contributed by atoms with Gasteiger partial charge in [-0.15, -0.1) is 0 Å². The van der Waals surface area contributed by atoms with E-state index in [2.05, 4.69) is 0 Å². The number of hydrogen-bond donors (Lipinski definition) is 0. The molecule has 0 heterocycles. The van der Waals surface area contributed by atoms with Gasteiger partial charge >= 0.3 is 15.2 Å². The van der Waals surface area contributed by atoms with Crippen molar-refractivity contribution in [3.05, 3.63) is 146 Å². The molecule has 0 aliphatic rings. The third-order valence-electron chi connectivity index (χ3n) is 5.34. The van der Waals surface area contributed by atoms with Crippen LogP contribution in [0.1, 0.15) is 0 Å². The second-order valence-electron chi connectivity index (χ2n) is 8.13. The van der Waals surface area contributed by atoms with Gasteiger partial charge < -0.3 is 18.1 Å². The molecule has 0 saturated carbocycles. The van der Waals surface area contributed by atoms with Gasteiger partial charge in [-0.05, 0) is 66.7 Å². The molecule has 38 heavy (non-hydrogen) atoms. The Labute approximate surface area is 221 Å². The molecule has 5 aromatic carbocycles. The first-order valence-corrected chi connectivity index (χ1v) is 14.9. The Balaban J connectivity index is 1.57. The molecule has 0 saturated heterocycles. The van der Waals surface area contributed by atoms with E-state index in [4.69, 9.17) is 18.1 Å². The first kappa shape index (κ1) is 25.4. The fourth-order valence-corrected chi connectivity index (χ4v) is 6.89. The van der Waals surface area contributed by atoms with Crippen molar-refractivity contribution in [2.75, 3.05) is 0 Å². The second-order valence-corrected chi connectivity index (χ2v) is 11.9. The molecular formula is C30H24O6P2. The predicted octanol–water partition coefficient (Wildman–Crippen LogP) is 7.64. The number of rotatable bonds is 10. The van der Waals surface area contributed by atoms with Crippen LogP contribution in [0.4, 0.5) is 0 Å². The van der Waals surface area contributed by atoms with Crippen LogP contribution in [-0.4, -0.2) is 0 Å². The summed E-state index contributed by atoms with van der Waals surface area (Å²) in [6, 6.07) is 41.3. The van der Waals surface area contributed by atoms with Crippen LogP contribution in [0.25, 0.3) is 0 Å². The average molecular weight is 542 g/mol. The topological polar surface area (TPSA) is 71.1 Å². The molecule has 0 atom stereocenters. The van der Waals surface area contributed by atoms with Crippen molar-refractivity contribution in [2.24, 2.45) is 0 Å². The third kappa shape index (κ3) is 6.18. The van der Waals surface area contributed by atoms with Gasteiger partial charge in [0.05, 0.1) is 10.6 Å². The molecule has 0 radical (unpaired) electrons. The number of benzene rings is 5. The summed E-state index contributed by atoms with van der Waals surface area (Å²) in [6.45, 7) is 0. The van der Waals surface area contributed by atoms with Gasteiger partial charge in [0.1, 0.15) is 23.0 Å². The number of para-hydroxylation sites is 4. The van der Waals surface area contributed by atoms with Gasteiger partial charge in [0.25, 0.3) is 0 Å². The van der Waals surface area contributed by atoms with Gasteiger partial charge in [-0.2, -0.15) is 0 Å². The van der Waals surface area contributed by atoms with E-state index in [-0.39, 0.29) is 10.6 Å². The minimum Gasteiger partial charge on any atom is -0.413 e. The van der Waals surface area contributed by atoms with Crippen molar-refractivity contribution in [1.82, 2.24) is 0 Å². The van der Waals surface area contributed by atoms with E-state index in [1.807, 2.05) is 24.3 Å². The molecule has 5 rings (SSSR count). The summed E-state index contributed by atoms with van der Waals surface area (Å²) in [5, 5.41) is 0.382. The standard InChI is InChI=1S/C30H24O6P2/c31-37(33-25-14-5-1-6-15-25,34-26-16-7-2-8-17-26)29-22-13-23-30(24-29)38(32,35-27-18-9-3-10-19-27)36-28-20-11-4-12-21-28/h1-24H. The SMILES string of the molecule is O=P(Oc1ccccc1)(Oc1ccccc1)c1cccc(P(=O)(Oc2ccccc2)Oc2ccccc2)c1. The monoisotopic (exact) mass is 542 g/mol. The fraction of sp³-hybridized carbons (Fsp3) is 0. The van der Waals surface area contributed by atoms with Crippen LogP contribution in [0.2, 0.25) is 0 Å². The Bertz CT molecular complexity index is 1360. The molecule has 0 amide bonds. The maximum atomic E-state index is 14.3. The summed E-state index contributed by atoms with van der Waals surface area (Å²) in [4.78, 5) is 0. The molecule has 0 aliphatic heterocycles. The summed E-state index contributed by atoms with van der Waals surface area (Å²) < 4.78 is 52.5. The molecule has 0 spiro atoms. The van der Waals surface area contributed by atoms with Crippen LogP contribution < -0.4 is 28.7 Å². The lowest BCUT2D eigenvalue weighted by Crippen LogP contribution is -2.22. The normalized spacial score (nSPS) is 11.4. The highest BCUT2D eigenvalue weighted by Gasteiger charge is 2.37.